The Kier molecular flexibility index (Phi) is 5.02. The third-order valence-corrected chi connectivity index (χ3v) is 3.76. The molecule has 0 bridgehead atoms. The van der Waals surface area contributed by atoms with Crippen molar-refractivity contribution in [1.29, 1.82) is 0 Å². The average molecular weight is 233 g/mol. The zero-order valence-corrected chi connectivity index (χ0v) is 10.4. The molecule has 1 fully saturated rings. The lowest BCUT2D eigenvalue weighted by molar-refractivity contribution is 0.231. The van der Waals surface area contributed by atoms with Gasteiger partial charge < -0.3 is 10.4 Å². The zero-order chi connectivity index (χ0) is 11.9. The fourth-order valence-electron chi connectivity index (χ4n) is 2.67. The first-order valence-electron chi connectivity index (χ1n) is 6.79. The molecule has 2 heteroatoms. The van der Waals surface area contributed by atoms with Gasteiger partial charge in [-0.15, -0.1) is 0 Å². The SMILES string of the molecule is OCC(NCC1CCCCC1)c1ccccc1. The van der Waals surface area contributed by atoms with Crippen LogP contribution in [-0.2, 0) is 0 Å². The lowest BCUT2D eigenvalue weighted by Gasteiger charge is -2.25. The molecule has 0 aromatic heterocycles. The summed E-state index contributed by atoms with van der Waals surface area (Å²) in [5.41, 5.74) is 1.19. The van der Waals surface area contributed by atoms with E-state index in [9.17, 15) is 5.11 Å². The Bertz CT molecular complexity index is 306. The van der Waals surface area contributed by atoms with E-state index in [2.05, 4.69) is 17.4 Å². The molecule has 2 N–H and O–H groups in total. The quantitative estimate of drug-likeness (QED) is 0.819. The van der Waals surface area contributed by atoms with Crippen molar-refractivity contribution in [2.45, 2.75) is 38.1 Å². The van der Waals surface area contributed by atoms with Crippen molar-refractivity contribution in [1.82, 2.24) is 5.32 Å². The van der Waals surface area contributed by atoms with Crippen LogP contribution in [0.5, 0.6) is 0 Å². The molecule has 1 aromatic carbocycles. The molecule has 0 heterocycles. The largest absolute Gasteiger partial charge is 0.394 e. The molecule has 0 spiro atoms. The smallest absolute Gasteiger partial charge is 0.0626 e. The molecule has 1 atom stereocenters. The summed E-state index contributed by atoms with van der Waals surface area (Å²) >= 11 is 0. The molecule has 2 nitrogen and oxygen atoms in total. The molecule has 0 amide bonds. The number of benzene rings is 1. The average Bonchev–Trinajstić information content (AvgIpc) is 2.42. The first-order valence-corrected chi connectivity index (χ1v) is 6.79. The van der Waals surface area contributed by atoms with Gasteiger partial charge in [0.2, 0.25) is 0 Å². The van der Waals surface area contributed by atoms with Crippen LogP contribution in [-0.4, -0.2) is 18.3 Å². The number of rotatable bonds is 5. The molecular formula is C15H23NO. The van der Waals surface area contributed by atoms with E-state index in [-0.39, 0.29) is 12.6 Å². The molecule has 1 aliphatic carbocycles. The van der Waals surface area contributed by atoms with Gasteiger partial charge in [0.25, 0.3) is 0 Å². The van der Waals surface area contributed by atoms with Gasteiger partial charge in [-0.3, -0.25) is 0 Å². The van der Waals surface area contributed by atoms with Gasteiger partial charge >= 0.3 is 0 Å². The standard InChI is InChI=1S/C15H23NO/c17-12-15(14-9-5-2-6-10-14)16-11-13-7-3-1-4-8-13/h2,5-6,9-10,13,15-17H,1,3-4,7-8,11-12H2. The van der Waals surface area contributed by atoms with Crippen molar-refractivity contribution < 1.29 is 5.11 Å². The highest BCUT2D eigenvalue weighted by molar-refractivity contribution is 5.18. The minimum atomic E-state index is 0.0955. The predicted octanol–water partition coefficient (Wildman–Crippen LogP) is 2.89. The summed E-state index contributed by atoms with van der Waals surface area (Å²) in [5.74, 6) is 0.807. The van der Waals surface area contributed by atoms with Crippen LogP contribution in [0.1, 0.15) is 43.7 Å². The molecule has 1 aliphatic rings. The molecule has 2 rings (SSSR count). The highest BCUT2D eigenvalue weighted by Crippen LogP contribution is 2.23. The number of aliphatic hydroxyl groups excluding tert-OH is 1. The summed E-state index contributed by atoms with van der Waals surface area (Å²) < 4.78 is 0. The second-order valence-corrected chi connectivity index (χ2v) is 5.06. The maximum absolute atomic E-state index is 9.45. The highest BCUT2D eigenvalue weighted by atomic mass is 16.3. The molecule has 0 radical (unpaired) electrons. The molecule has 17 heavy (non-hydrogen) atoms. The van der Waals surface area contributed by atoms with Gasteiger partial charge in [0.15, 0.2) is 0 Å². The molecule has 1 unspecified atom stereocenters. The Labute approximate surface area is 104 Å². The Morgan fingerprint density at radius 2 is 1.82 bits per heavy atom. The van der Waals surface area contributed by atoms with Crippen molar-refractivity contribution in [2.75, 3.05) is 13.2 Å². The molecule has 0 saturated heterocycles. The first kappa shape index (κ1) is 12.6. The number of hydrogen-bond acceptors (Lipinski definition) is 2. The molecule has 1 saturated carbocycles. The van der Waals surface area contributed by atoms with Crippen LogP contribution < -0.4 is 5.32 Å². The topological polar surface area (TPSA) is 32.3 Å². The van der Waals surface area contributed by atoms with E-state index < -0.39 is 0 Å². The summed E-state index contributed by atoms with van der Waals surface area (Å²) in [7, 11) is 0. The minimum absolute atomic E-state index is 0.0955. The van der Waals surface area contributed by atoms with E-state index in [1.807, 2.05) is 18.2 Å². The Balaban J connectivity index is 1.83. The fourth-order valence-corrected chi connectivity index (χ4v) is 2.67. The van der Waals surface area contributed by atoms with Gasteiger partial charge in [-0.1, -0.05) is 49.6 Å². The van der Waals surface area contributed by atoms with Gasteiger partial charge in [-0.2, -0.15) is 0 Å². The summed E-state index contributed by atoms with van der Waals surface area (Å²) in [5, 5.41) is 13.0. The van der Waals surface area contributed by atoms with E-state index in [1.165, 1.54) is 37.7 Å². The van der Waals surface area contributed by atoms with Crippen LogP contribution in [0.25, 0.3) is 0 Å². The second kappa shape index (κ2) is 6.77. The first-order chi connectivity index (χ1) is 8.40. The fraction of sp³-hybridized carbons (Fsp3) is 0.600. The maximum atomic E-state index is 9.45. The Hall–Kier alpha value is -0.860. The predicted molar refractivity (Wildman–Crippen MR) is 70.8 cm³/mol. The monoisotopic (exact) mass is 233 g/mol. The number of hydrogen-bond donors (Lipinski definition) is 2. The molecule has 0 aliphatic heterocycles. The van der Waals surface area contributed by atoms with Crippen molar-refractivity contribution in [3.63, 3.8) is 0 Å². The van der Waals surface area contributed by atoms with Crippen molar-refractivity contribution in [3.05, 3.63) is 35.9 Å². The zero-order valence-electron chi connectivity index (χ0n) is 10.4. The summed E-state index contributed by atoms with van der Waals surface area (Å²) in [4.78, 5) is 0. The molecule has 94 valence electrons. The third kappa shape index (κ3) is 3.83. The van der Waals surface area contributed by atoms with Crippen LogP contribution in [0.2, 0.25) is 0 Å². The number of aliphatic hydroxyl groups is 1. The van der Waals surface area contributed by atoms with E-state index in [0.29, 0.717) is 0 Å². The summed E-state index contributed by atoms with van der Waals surface area (Å²) in [6.07, 6.45) is 6.85. The highest BCUT2D eigenvalue weighted by Gasteiger charge is 2.15. The van der Waals surface area contributed by atoms with Gasteiger partial charge in [-0.25, -0.2) is 0 Å². The van der Waals surface area contributed by atoms with Gasteiger partial charge in [0.1, 0.15) is 0 Å². The summed E-state index contributed by atoms with van der Waals surface area (Å²) in [6.45, 7) is 1.22. The number of nitrogens with one attached hydrogen (secondary N) is 1. The van der Waals surface area contributed by atoms with E-state index in [4.69, 9.17) is 0 Å². The van der Waals surface area contributed by atoms with Crippen LogP contribution in [0.15, 0.2) is 30.3 Å². The van der Waals surface area contributed by atoms with Crippen LogP contribution >= 0.6 is 0 Å². The third-order valence-electron chi connectivity index (χ3n) is 3.76. The van der Waals surface area contributed by atoms with E-state index in [0.717, 1.165) is 12.5 Å². The van der Waals surface area contributed by atoms with Crippen LogP contribution in [0.3, 0.4) is 0 Å². The van der Waals surface area contributed by atoms with Crippen LogP contribution in [0.4, 0.5) is 0 Å². The van der Waals surface area contributed by atoms with Crippen molar-refractivity contribution in [2.24, 2.45) is 5.92 Å². The summed E-state index contributed by atoms with van der Waals surface area (Å²) in [6, 6.07) is 10.3. The van der Waals surface area contributed by atoms with Gasteiger partial charge in [0, 0.05) is 0 Å². The molecular weight excluding hydrogens is 210 g/mol. The second-order valence-electron chi connectivity index (χ2n) is 5.06. The Morgan fingerprint density at radius 3 is 2.47 bits per heavy atom. The normalized spacial score (nSPS) is 19.1. The minimum Gasteiger partial charge on any atom is -0.394 e. The lowest BCUT2D eigenvalue weighted by Crippen LogP contribution is -2.30. The maximum Gasteiger partial charge on any atom is 0.0626 e. The molecule has 1 aromatic rings. The van der Waals surface area contributed by atoms with Gasteiger partial charge in [-0.05, 0) is 30.9 Å². The van der Waals surface area contributed by atoms with E-state index >= 15 is 0 Å². The van der Waals surface area contributed by atoms with Crippen molar-refractivity contribution >= 4 is 0 Å². The van der Waals surface area contributed by atoms with Crippen molar-refractivity contribution in [3.8, 4) is 0 Å². The lowest BCUT2D eigenvalue weighted by atomic mass is 9.89. The van der Waals surface area contributed by atoms with E-state index in [1.54, 1.807) is 0 Å². The van der Waals surface area contributed by atoms with Crippen LogP contribution in [0, 0.1) is 5.92 Å². The Morgan fingerprint density at radius 1 is 1.12 bits per heavy atom. The van der Waals surface area contributed by atoms with Gasteiger partial charge in [0.05, 0.1) is 12.6 Å².